The molecular weight excluding hydrogens is 204 g/mol. The van der Waals surface area contributed by atoms with Gasteiger partial charge in [0.2, 0.25) is 0 Å². The third-order valence-electron chi connectivity index (χ3n) is 2.23. The summed E-state index contributed by atoms with van der Waals surface area (Å²) in [4.78, 5) is 5.42. The Kier molecular flexibility index (Phi) is 2.53. The molecule has 0 aliphatic heterocycles. The Bertz CT molecular complexity index is 521. The molecule has 0 saturated heterocycles. The van der Waals surface area contributed by atoms with E-state index in [0.717, 1.165) is 21.8 Å². The Morgan fingerprint density at radius 3 is 2.80 bits per heavy atom. The van der Waals surface area contributed by atoms with Crippen LogP contribution in [-0.4, -0.2) is 4.98 Å². The normalized spacial score (nSPS) is 9.93. The number of hydrogen-bond donors (Lipinski definition) is 0. The van der Waals surface area contributed by atoms with Crippen molar-refractivity contribution in [2.75, 3.05) is 0 Å². The van der Waals surface area contributed by atoms with Crippen LogP contribution in [0.2, 0.25) is 0 Å². The van der Waals surface area contributed by atoms with Crippen LogP contribution < -0.4 is 0 Å². The molecule has 0 amide bonds. The van der Waals surface area contributed by atoms with Crippen LogP contribution in [0.1, 0.15) is 17.0 Å². The average molecular weight is 214 g/mol. The molecule has 0 fully saturated rings. The Labute approximate surface area is 92.8 Å². The zero-order valence-corrected chi connectivity index (χ0v) is 9.43. The predicted octanol–water partition coefficient (Wildman–Crippen LogP) is 3.30. The minimum atomic E-state index is 0.683. The Morgan fingerprint density at radius 1 is 1.40 bits per heavy atom. The molecule has 2 rings (SSSR count). The topological polar surface area (TPSA) is 36.7 Å². The zero-order chi connectivity index (χ0) is 10.8. The molecule has 0 N–H and O–H groups in total. The lowest BCUT2D eigenvalue weighted by molar-refractivity contribution is 1.11. The molecule has 74 valence electrons. The first kappa shape index (κ1) is 9.88. The van der Waals surface area contributed by atoms with Gasteiger partial charge in [-0.2, -0.15) is 5.26 Å². The van der Waals surface area contributed by atoms with Gasteiger partial charge in [0.1, 0.15) is 6.07 Å². The summed E-state index contributed by atoms with van der Waals surface area (Å²) < 4.78 is 0. The van der Waals surface area contributed by atoms with Gasteiger partial charge in [0.15, 0.2) is 0 Å². The molecule has 0 aromatic carbocycles. The number of pyridine rings is 1. The van der Waals surface area contributed by atoms with E-state index >= 15 is 0 Å². The van der Waals surface area contributed by atoms with E-state index in [-0.39, 0.29) is 0 Å². The standard InChI is InChI=1S/C12H10N2S/c1-8-6-10(12-4-3-5-15-12)11(7-13)9(2)14-8/h3-6H,1-2H3. The van der Waals surface area contributed by atoms with Crippen molar-refractivity contribution in [2.45, 2.75) is 13.8 Å². The van der Waals surface area contributed by atoms with E-state index in [4.69, 9.17) is 5.26 Å². The van der Waals surface area contributed by atoms with Gasteiger partial charge < -0.3 is 0 Å². The second kappa shape index (κ2) is 3.84. The van der Waals surface area contributed by atoms with E-state index in [2.05, 4.69) is 11.1 Å². The maximum Gasteiger partial charge on any atom is 0.102 e. The van der Waals surface area contributed by atoms with E-state index < -0.39 is 0 Å². The van der Waals surface area contributed by atoms with Gasteiger partial charge in [-0.3, -0.25) is 4.98 Å². The lowest BCUT2D eigenvalue weighted by Gasteiger charge is -2.05. The molecule has 2 nitrogen and oxygen atoms in total. The molecule has 2 aromatic rings. The summed E-state index contributed by atoms with van der Waals surface area (Å²) in [6.45, 7) is 3.83. The summed E-state index contributed by atoms with van der Waals surface area (Å²) in [7, 11) is 0. The number of aromatic nitrogens is 1. The fraction of sp³-hybridized carbons (Fsp3) is 0.167. The largest absolute Gasteiger partial charge is 0.257 e. The fourth-order valence-electron chi connectivity index (χ4n) is 1.60. The summed E-state index contributed by atoms with van der Waals surface area (Å²) in [5.74, 6) is 0. The minimum absolute atomic E-state index is 0.683. The van der Waals surface area contributed by atoms with Gasteiger partial charge in [0.05, 0.1) is 11.3 Å². The SMILES string of the molecule is Cc1cc(-c2cccs2)c(C#N)c(C)n1. The molecule has 0 bridgehead atoms. The summed E-state index contributed by atoms with van der Waals surface area (Å²) in [5.41, 5.74) is 3.44. The second-order valence-corrected chi connectivity index (χ2v) is 4.31. The molecule has 0 atom stereocenters. The number of thiophene rings is 1. The van der Waals surface area contributed by atoms with Crippen LogP contribution in [0.3, 0.4) is 0 Å². The maximum atomic E-state index is 9.10. The van der Waals surface area contributed by atoms with Crippen LogP contribution in [0.4, 0.5) is 0 Å². The highest BCUT2D eigenvalue weighted by molar-refractivity contribution is 7.13. The highest BCUT2D eigenvalue weighted by atomic mass is 32.1. The summed E-state index contributed by atoms with van der Waals surface area (Å²) in [6, 6.07) is 8.21. The van der Waals surface area contributed by atoms with Gasteiger partial charge in [-0.05, 0) is 31.4 Å². The van der Waals surface area contributed by atoms with Gasteiger partial charge in [-0.25, -0.2) is 0 Å². The summed E-state index contributed by atoms with van der Waals surface area (Å²) in [6.07, 6.45) is 0. The fourth-order valence-corrected chi connectivity index (χ4v) is 2.34. The van der Waals surface area contributed by atoms with Crippen LogP contribution in [0.25, 0.3) is 10.4 Å². The summed E-state index contributed by atoms with van der Waals surface area (Å²) in [5, 5.41) is 11.1. The van der Waals surface area contributed by atoms with E-state index in [1.165, 1.54) is 0 Å². The van der Waals surface area contributed by atoms with E-state index in [1.807, 2.05) is 37.4 Å². The van der Waals surface area contributed by atoms with Crippen molar-refractivity contribution in [1.82, 2.24) is 4.98 Å². The van der Waals surface area contributed by atoms with Crippen LogP contribution in [0, 0.1) is 25.2 Å². The quantitative estimate of drug-likeness (QED) is 0.730. The first-order valence-corrected chi connectivity index (χ1v) is 5.52. The Hall–Kier alpha value is -1.66. The molecule has 0 saturated carbocycles. The molecule has 0 spiro atoms. The molecule has 15 heavy (non-hydrogen) atoms. The van der Waals surface area contributed by atoms with Gasteiger partial charge >= 0.3 is 0 Å². The first-order valence-electron chi connectivity index (χ1n) is 4.64. The van der Waals surface area contributed by atoms with Crippen molar-refractivity contribution in [1.29, 1.82) is 5.26 Å². The van der Waals surface area contributed by atoms with Gasteiger partial charge in [0, 0.05) is 16.1 Å². The third-order valence-corrected chi connectivity index (χ3v) is 3.13. The van der Waals surface area contributed by atoms with E-state index in [9.17, 15) is 0 Å². The van der Waals surface area contributed by atoms with Gasteiger partial charge in [0.25, 0.3) is 0 Å². The Morgan fingerprint density at radius 2 is 2.20 bits per heavy atom. The van der Waals surface area contributed by atoms with E-state index in [0.29, 0.717) is 5.56 Å². The van der Waals surface area contributed by atoms with Crippen LogP contribution in [0.15, 0.2) is 23.6 Å². The van der Waals surface area contributed by atoms with Crippen molar-refractivity contribution in [2.24, 2.45) is 0 Å². The zero-order valence-electron chi connectivity index (χ0n) is 8.61. The van der Waals surface area contributed by atoms with Crippen molar-refractivity contribution in [3.8, 4) is 16.5 Å². The number of rotatable bonds is 1. The smallest absolute Gasteiger partial charge is 0.102 e. The maximum absolute atomic E-state index is 9.10. The number of nitriles is 1. The molecule has 0 radical (unpaired) electrons. The van der Waals surface area contributed by atoms with Gasteiger partial charge in [-0.15, -0.1) is 11.3 Å². The van der Waals surface area contributed by atoms with Crippen molar-refractivity contribution in [3.05, 3.63) is 40.5 Å². The van der Waals surface area contributed by atoms with Crippen LogP contribution in [0.5, 0.6) is 0 Å². The monoisotopic (exact) mass is 214 g/mol. The molecule has 0 aliphatic rings. The van der Waals surface area contributed by atoms with Crippen molar-refractivity contribution >= 4 is 11.3 Å². The summed E-state index contributed by atoms with van der Waals surface area (Å²) >= 11 is 1.64. The molecule has 0 aliphatic carbocycles. The van der Waals surface area contributed by atoms with Crippen LogP contribution >= 0.6 is 11.3 Å². The number of nitrogens with zero attached hydrogens (tertiary/aromatic N) is 2. The predicted molar refractivity (Wildman–Crippen MR) is 61.7 cm³/mol. The van der Waals surface area contributed by atoms with Crippen molar-refractivity contribution < 1.29 is 0 Å². The number of hydrogen-bond acceptors (Lipinski definition) is 3. The minimum Gasteiger partial charge on any atom is -0.257 e. The average Bonchev–Trinajstić information content (AvgIpc) is 2.69. The van der Waals surface area contributed by atoms with E-state index in [1.54, 1.807) is 11.3 Å². The number of aryl methyl sites for hydroxylation is 2. The molecule has 2 heterocycles. The highest BCUT2D eigenvalue weighted by Crippen LogP contribution is 2.29. The lowest BCUT2D eigenvalue weighted by Crippen LogP contribution is -1.94. The third kappa shape index (κ3) is 1.77. The molecule has 2 aromatic heterocycles. The van der Waals surface area contributed by atoms with Crippen LogP contribution in [-0.2, 0) is 0 Å². The Balaban J connectivity index is 2.71. The molecule has 3 heteroatoms. The molecular formula is C12H10N2S. The van der Waals surface area contributed by atoms with Crippen molar-refractivity contribution in [3.63, 3.8) is 0 Å². The molecule has 0 unspecified atom stereocenters. The van der Waals surface area contributed by atoms with Gasteiger partial charge in [-0.1, -0.05) is 6.07 Å². The second-order valence-electron chi connectivity index (χ2n) is 3.36. The first-order chi connectivity index (χ1) is 7.22. The highest BCUT2D eigenvalue weighted by Gasteiger charge is 2.10. The lowest BCUT2D eigenvalue weighted by atomic mass is 10.1.